The van der Waals surface area contributed by atoms with E-state index in [1.54, 1.807) is 0 Å². The van der Waals surface area contributed by atoms with E-state index in [2.05, 4.69) is 22.1 Å². The summed E-state index contributed by atoms with van der Waals surface area (Å²) in [6.45, 7) is 3.11. The average Bonchev–Trinajstić information content (AvgIpc) is 2.97. The number of hydrogen-bond donors (Lipinski definition) is 1. The lowest BCUT2D eigenvalue weighted by atomic mass is 9.98. The number of carboxylic acid groups (broad SMARTS) is 1. The second-order valence-electron chi connectivity index (χ2n) is 5.78. The predicted molar refractivity (Wildman–Crippen MR) is 68.9 cm³/mol. The molecule has 1 N–H and O–H groups in total. The highest BCUT2D eigenvalue weighted by molar-refractivity contribution is 5.75. The van der Waals surface area contributed by atoms with Crippen LogP contribution in [0.2, 0.25) is 0 Å². The third-order valence-corrected chi connectivity index (χ3v) is 4.30. The van der Waals surface area contributed by atoms with Crippen molar-refractivity contribution >= 4 is 5.97 Å². The molecule has 0 bridgehead atoms. The lowest BCUT2D eigenvalue weighted by Crippen LogP contribution is -2.24. The summed E-state index contributed by atoms with van der Waals surface area (Å²) in [7, 11) is 2.14. The molecule has 1 fully saturated rings. The first-order valence-corrected chi connectivity index (χ1v) is 6.98. The summed E-state index contributed by atoms with van der Waals surface area (Å²) < 4.78 is 2.04. The summed E-state index contributed by atoms with van der Waals surface area (Å²) in [5, 5.41) is 17.6. The highest BCUT2D eigenvalue weighted by Crippen LogP contribution is 2.28. The molecule has 2 aliphatic heterocycles. The molecule has 0 saturated carbocycles. The van der Waals surface area contributed by atoms with Gasteiger partial charge in [0.2, 0.25) is 0 Å². The van der Waals surface area contributed by atoms with Crippen molar-refractivity contribution in [1.29, 1.82) is 0 Å². The molecule has 3 heterocycles. The molecule has 19 heavy (non-hydrogen) atoms. The second-order valence-corrected chi connectivity index (χ2v) is 5.78. The van der Waals surface area contributed by atoms with Crippen molar-refractivity contribution in [3.05, 3.63) is 11.6 Å². The Bertz CT molecular complexity index is 485. The predicted octanol–water partition coefficient (Wildman–Crippen LogP) is 0.734. The normalized spacial score (nSPS) is 27.4. The van der Waals surface area contributed by atoms with E-state index in [1.165, 1.54) is 6.42 Å². The summed E-state index contributed by atoms with van der Waals surface area (Å²) in [6.07, 6.45) is 3.70. The highest BCUT2D eigenvalue weighted by atomic mass is 16.4. The number of carbonyl (C=O) groups is 1. The van der Waals surface area contributed by atoms with Crippen LogP contribution in [0.5, 0.6) is 0 Å². The van der Waals surface area contributed by atoms with Crippen molar-refractivity contribution in [3.8, 4) is 0 Å². The lowest BCUT2D eigenvalue weighted by molar-refractivity contribution is -0.139. The first kappa shape index (κ1) is 12.6. The van der Waals surface area contributed by atoms with Gasteiger partial charge in [-0.3, -0.25) is 4.79 Å². The molecule has 2 aliphatic rings. The lowest BCUT2D eigenvalue weighted by Gasteiger charge is -2.21. The van der Waals surface area contributed by atoms with Gasteiger partial charge in [0.1, 0.15) is 17.6 Å². The summed E-state index contributed by atoms with van der Waals surface area (Å²) in [6, 6.07) is 0. The molecule has 1 saturated heterocycles. The number of fused-ring (bicyclic) bond motifs is 1. The van der Waals surface area contributed by atoms with Crippen LogP contribution < -0.4 is 0 Å². The molecule has 0 aliphatic carbocycles. The average molecular weight is 264 g/mol. The van der Waals surface area contributed by atoms with Gasteiger partial charge in [-0.1, -0.05) is 0 Å². The fraction of sp³-hybridized carbons (Fsp3) is 0.769. The van der Waals surface area contributed by atoms with Gasteiger partial charge in [-0.25, -0.2) is 0 Å². The number of nitrogens with zero attached hydrogens (tertiary/aromatic N) is 4. The molecule has 0 amide bonds. The molecule has 3 rings (SSSR count). The molecular formula is C13H20N4O2. The Morgan fingerprint density at radius 3 is 2.89 bits per heavy atom. The van der Waals surface area contributed by atoms with Gasteiger partial charge < -0.3 is 14.6 Å². The minimum atomic E-state index is -0.777. The minimum Gasteiger partial charge on any atom is -0.481 e. The van der Waals surface area contributed by atoms with Gasteiger partial charge in [-0.15, -0.1) is 10.2 Å². The van der Waals surface area contributed by atoms with Gasteiger partial charge in [0.25, 0.3) is 0 Å². The zero-order valence-corrected chi connectivity index (χ0v) is 11.2. The van der Waals surface area contributed by atoms with E-state index in [0.717, 1.165) is 38.3 Å². The number of rotatable bonds is 3. The summed E-state index contributed by atoms with van der Waals surface area (Å²) in [5.74, 6) is 1.01. The molecule has 6 heteroatoms. The van der Waals surface area contributed by atoms with Crippen LogP contribution in [0.25, 0.3) is 0 Å². The van der Waals surface area contributed by atoms with E-state index in [4.69, 9.17) is 0 Å². The zero-order valence-electron chi connectivity index (χ0n) is 11.2. The van der Waals surface area contributed by atoms with E-state index in [1.807, 2.05) is 4.57 Å². The topological polar surface area (TPSA) is 71.2 Å². The Hall–Kier alpha value is -1.43. The third kappa shape index (κ3) is 2.36. The highest BCUT2D eigenvalue weighted by Gasteiger charge is 2.31. The Kier molecular flexibility index (Phi) is 3.26. The molecule has 6 nitrogen and oxygen atoms in total. The van der Waals surface area contributed by atoms with Gasteiger partial charge in [-0.2, -0.15) is 0 Å². The van der Waals surface area contributed by atoms with Crippen LogP contribution in [-0.4, -0.2) is 50.9 Å². The summed E-state index contributed by atoms with van der Waals surface area (Å²) >= 11 is 0. The standard InChI is InChI=1S/C13H20N4O2/c1-16-6-4-9(8-16)7-11-14-15-12-10(13(18)19)3-2-5-17(11)12/h9-10H,2-8H2,1H3,(H,18,19). The largest absolute Gasteiger partial charge is 0.481 e. The smallest absolute Gasteiger partial charge is 0.314 e. The van der Waals surface area contributed by atoms with Crippen molar-refractivity contribution < 1.29 is 9.90 Å². The molecule has 0 spiro atoms. The molecule has 0 radical (unpaired) electrons. The maximum Gasteiger partial charge on any atom is 0.314 e. The summed E-state index contributed by atoms with van der Waals surface area (Å²) in [4.78, 5) is 13.6. The first-order valence-electron chi connectivity index (χ1n) is 6.98. The van der Waals surface area contributed by atoms with Gasteiger partial charge in [0.05, 0.1) is 0 Å². The van der Waals surface area contributed by atoms with Crippen molar-refractivity contribution in [2.24, 2.45) is 5.92 Å². The van der Waals surface area contributed by atoms with E-state index >= 15 is 0 Å². The van der Waals surface area contributed by atoms with Crippen molar-refractivity contribution in [1.82, 2.24) is 19.7 Å². The van der Waals surface area contributed by atoms with Gasteiger partial charge in [0, 0.05) is 19.5 Å². The monoisotopic (exact) mass is 264 g/mol. The number of hydrogen-bond acceptors (Lipinski definition) is 4. The van der Waals surface area contributed by atoms with Crippen molar-refractivity contribution in [3.63, 3.8) is 0 Å². The number of likely N-dealkylation sites (tertiary alicyclic amines) is 1. The molecule has 0 aromatic carbocycles. The van der Waals surface area contributed by atoms with Crippen LogP contribution in [-0.2, 0) is 17.8 Å². The van der Waals surface area contributed by atoms with E-state index in [0.29, 0.717) is 18.2 Å². The molecular weight excluding hydrogens is 244 g/mol. The fourth-order valence-electron chi connectivity index (χ4n) is 3.27. The maximum atomic E-state index is 11.2. The maximum absolute atomic E-state index is 11.2. The molecule has 2 unspecified atom stereocenters. The van der Waals surface area contributed by atoms with Gasteiger partial charge in [-0.05, 0) is 38.8 Å². The minimum absolute atomic E-state index is 0.471. The van der Waals surface area contributed by atoms with Gasteiger partial charge >= 0.3 is 5.97 Å². The van der Waals surface area contributed by atoms with Crippen LogP contribution in [0.1, 0.15) is 36.8 Å². The van der Waals surface area contributed by atoms with Gasteiger partial charge in [0.15, 0.2) is 0 Å². The number of aromatic nitrogens is 3. The van der Waals surface area contributed by atoms with E-state index in [9.17, 15) is 9.90 Å². The Labute approximate surface area is 112 Å². The first-order chi connectivity index (χ1) is 9.15. The quantitative estimate of drug-likeness (QED) is 0.871. The van der Waals surface area contributed by atoms with Crippen molar-refractivity contribution in [2.75, 3.05) is 20.1 Å². The van der Waals surface area contributed by atoms with E-state index < -0.39 is 11.9 Å². The molecule has 2 atom stereocenters. The SMILES string of the molecule is CN1CCC(Cc2nnc3n2CCCC3C(=O)O)C1. The van der Waals surface area contributed by atoms with Crippen LogP contribution in [0, 0.1) is 5.92 Å². The van der Waals surface area contributed by atoms with Crippen LogP contribution in [0.15, 0.2) is 0 Å². The second kappa shape index (κ2) is 4.92. The van der Waals surface area contributed by atoms with Crippen molar-refractivity contribution in [2.45, 2.75) is 38.1 Å². The Balaban J connectivity index is 1.79. The van der Waals surface area contributed by atoms with Crippen LogP contribution >= 0.6 is 0 Å². The Morgan fingerprint density at radius 1 is 1.37 bits per heavy atom. The molecule has 104 valence electrons. The third-order valence-electron chi connectivity index (χ3n) is 4.30. The van der Waals surface area contributed by atoms with E-state index in [-0.39, 0.29) is 0 Å². The molecule has 1 aromatic rings. The van der Waals surface area contributed by atoms with Crippen LogP contribution in [0.4, 0.5) is 0 Å². The molecule has 1 aromatic heterocycles. The van der Waals surface area contributed by atoms with Crippen LogP contribution in [0.3, 0.4) is 0 Å². The number of carboxylic acids is 1. The number of aliphatic carboxylic acids is 1. The Morgan fingerprint density at radius 2 is 2.21 bits per heavy atom. The fourth-order valence-corrected chi connectivity index (χ4v) is 3.27. The summed E-state index contributed by atoms with van der Waals surface area (Å²) in [5.41, 5.74) is 0. The zero-order chi connectivity index (χ0) is 13.4.